The third kappa shape index (κ3) is 3.48. The molecule has 0 amide bonds. The number of nitrogens with zero attached hydrogens (tertiary/aromatic N) is 1. The molecule has 0 aliphatic rings. The molecule has 106 valence electrons. The molecule has 2 rings (SSSR count). The highest BCUT2D eigenvalue weighted by Gasteiger charge is 2.11. The van der Waals surface area contributed by atoms with Crippen molar-refractivity contribution in [3.63, 3.8) is 0 Å². The number of hydrogen-bond donors (Lipinski definition) is 2. The lowest BCUT2D eigenvalue weighted by atomic mass is 10.1. The van der Waals surface area contributed by atoms with Crippen molar-refractivity contribution in [1.82, 2.24) is 4.98 Å². The monoisotopic (exact) mass is 292 g/mol. The number of anilines is 1. The fourth-order valence-corrected chi connectivity index (χ4v) is 2.48. The number of aromatic carboxylic acids is 1. The molecule has 0 fully saturated rings. The van der Waals surface area contributed by atoms with Crippen molar-refractivity contribution in [1.29, 1.82) is 0 Å². The van der Waals surface area contributed by atoms with Crippen LogP contribution in [-0.4, -0.2) is 29.7 Å². The van der Waals surface area contributed by atoms with Crippen molar-refractivity contribution in [2.75, 3.05) is 19.0 Å². The number of aryl methyl sites for hydroxylation is 1. The fraction of sp³-hybridized carbons (Fsp3) is 0.286. The van der Waals surface area contributed by atoms with Gasteiger partial charge in [0.1, 0.15) is 5.75 Å². The third-order valence-electron chi connectivity index (χ3n) is 2.82. The molecule has 0 atom stereocenters. The first-order valence-electron chi connectivity index (χ1n) is 6.16. The van der Waals surface area contributed by atoms with Gasteiger partial charge in [0.05, 0.1) is 29.1 Å². The second kappa shape index (κ2) is 6.38. The van der Waals surface area contributed by atoms with E-state index in [2.05, 4.69) is 10.3 Å². The van der Waals surface area contributed by atoms with Gasteiger partial charge in [0.2, 0.25) is 0 Å². The summed E-state index contributed by atoms with van der Waals surface area (Å²) in [6.07, 6.45) is 0.751. The Labute approximate surface area is 121 Å². The van der Waals surface area contributed by atoms with Gasteiger partial charge in [-0.2, -0.15) is 0 Å². The lowest BCUT2D eigenvalue weighted by molar-refractivity contribution is 0.0698. The average molecular weight is 292 g/mol. The first kappa shape index (κ1) is 14.3. The Morgan fingerprint density at radius 1 is 1.50 bits per heavy atom. The van der Waals surface area contributed by atoms with Gasteiger partial charge >= 0.3 is 5.97 Å². The molecule has 0 spiro atoms. The summed E-state index contributed by atoms with van der Waals surface area (Å²) in [6.45, 7) is 2.59. The molecule has 1 aromatic heterocycles. The van der Waals surface area contributed by atoms with E-state index in [-0.39, 0.29) is 5.56 Å². The maximum absolute atomic E-state index is 11.2. The Morgan fingerprint density at radius 3 is 2.90 bits per heavy atom. The maximum atomic E-state index is 11.2. The van der Waals surface area contributed by atoms with E-state index in [1.54, 1.807) is 30.6 Å². The number of aromatic nitrogens is 1. The van der Waals surface area contributed by atoms with E-state index in [9.17, 15) is 4.79 Å². The maximum Gasteiger partial charge on any atom is 0.337 e. The summed E-state index contributed by atoms with van der Waals surface area (Å²) in [4.78, 5) is 15.5. The molecule has 0 radical (unpaired) electrons. The highest BCUT2D eigenvalue weighted by molar-refractivity contribution is 7.09. The number of carboxylic acids is 1. The molecule has 1 heterocycles. The Kier molecular flexibility index (Phi) is 4.57. The van der Waals surface area contributed by atoms with E-state index in [1.165, 1.54) is 6.07 Å². The molecule has 0 unspecified atom stereocenters. The zero-order valence-corrected chi connectivity index (χ0v) is 12.2. The third-order valence-corrected chi connectivity index (χ3v) is 3.64. The lowest BCUT2D eigenvalue weighted by Gasteiger charge is -2.10. The molecular weight excluding hydrogens is 276 g/mol. The molecule has 6 heteroatoms. The highest BCUT2D eigenvalue weighted by Crippen LogP contribution is 2.22. The zero-order chi connectivity index (χ0) is 14.5. The number of methoxy groups -OCH3 is 1. The molecule has 0 bridgehead atoms. The van der Waals surface area contributed by atoms with Gasteiger partial charge in [0.15, 0.2) is 0 Å². The van der Waals surface area contributed by atoms with E-state index >= 15 is 0 Å². The molecule has 0 saturated carbocycles. The van der Waals surface area contributed by atoms with Crippen LogP contribution in [0.3, 0.4) is 0 Å². The normalized spacial score (nSPS) is 10.3. The van der Waals surface area contributed by atoms with Crippen LogP contribution in [0.2, 0.25) is 0 Å². The molecule has 0 saturated heterocycles. The van der Waals surface area contributed by atoms with Crippen molar-refractivity contribution < 1.29 is 14.6 Å². The lowest BCUT2D eigenvalue weighted by Crippen LogP contribution is -2.10. The number of benzene rings is 1. The van der Waals surface area contributed by atoms with Crippen LogP contribution in [0.25, 0.3) is 0 Å². The van der Waals surface area contributed by atoms with Crippen LogP contribution in [0.5, 0.6) is 5.75 Å². The molecule has 2 N–H and O–H groups in total. The number of hydrogen-bond acceptors (Lipinski definition) is 5. The van der Waals surface area contributed by atoms with Crippen molar-refractivity contribution in [3.8, 4) is 5.75 Å². The standard InChI is InChI=1S/C14H16N2O3S/c1-9-16-10(8-20-9)5-6-15-13-7-11(19-2)3-4-12(13)14(17)18/h3-4,7-8,15H,5-6H2,1-2H3,(H,17,18). The summed E-state index contributed by atoms with van der Waals surface area (Å²) in [5, 5.41) is 15.3. The second-order valence-electron chi connectivity index (χ2n) is 4.25. The van der Waals surface area contributed by atoms with Gasteiger partial charge in [0, 0.05) is 24.4 Å². The summed E-state index contributed by atoms with van der Waals surface area (Å²) in [5.41, 5.74) is 1.81. The van der Waals surface area contributed by atoms with Gasteiger partial charge in [-0.15, -0.1) is 11.3 Å². The van der Waals surface area contributed by atoms with Crippen molar-refractivity contribution in [2.24, 2.45) is 0 Å². The van der Waals surface area contributed by atoms with Crippen LogP contribution < -0.4 is 10.1 Å². The predicted molar refractivity (Wildman–Crippen MR) is 79.0 cm³/mol. The topological polar surface area (TPSA) is 71.5 Å². The molecule has 0 aliphatic carbocycles. The number of rotatable bonds is 6. The van der Waals surface area contributed by atoms with Gasteiger partial charge in [-0.3, -0.25) is 0 Å². The zero-order valence-electron chi connectivity index (χ0n) is 11.3. The highest BCUT2D eigenvalue weighted by atomic mass is 32.1. The van der Waals surface area contributed by atoms with E-state index in [1.807, 2.05) is 12.3 Å². The van der Waals surface area contributed by atoms with E-state index in [0.717, 1.165) is 17.1 Å². The Hall–Kier alpha value is -2.08. The van der Waals surface area contributed by atoms with Gasteiger partial charge in [0.25, 0.3) is 0 Å². The van der Waals surface area contributed by atoms with Crippen LogP contribution in [0.4, 0.5) is 5.69 Å². The molecule has 20 heavy (non-hydrogen) atoms. The SMILES string of the molecule is COc1ccc(C(=O)O)c(NCCc2csc(C)n2)c1. The van der Waals surface area contributed by atoms with Crippen molar-refractivity contribution in [3.05, 3.63) is 39.8 Å². The van der Waals surface area contributed by atoms with Gasteiger partial charge < -0.3 is 15.2 Å². The van der Waals surface area contributed by atoms with Crippen LogP contribution in [0.1, 0.15) is 21.1 Å². The molecular formula is C14H16N2O3S. The molecule has 2 aromatic rings. The Balaban J connectivity index is 2.05. The van der Waals surface area contributed by atoms with E-state index in [0.29, 0.717) is 18.0 Å². The average Bonchev–Trinajstić information content (AvgIpc) is 2.84. The minimum Gasteiger partial charge on any atom is -0.497 e. The minimum atomic E-state index is -0.959. The smallest absolute Gasteiger partial charge is 0.337 e. The number of carbonyl (C=O) groups is 1. The Morgan fingerprint density at radius 2 is 2.30 bits per heavy atom. The molecule has 0 aliphatic heterocycles. The minimum absolute atomic E-state index is 0.236. The van der Waals surface area contributed by atoms with Crippen LogP contribution >= 0.6 is 11.3 Å². The number of ether oxygens (including phenoxy) is 1. The summed E-state index contributed by atoms with van der Waals surface area (Å²) in [7, 11) is 1.55. The van der Waals surface area contributed by atoms with Crippen LogP contribution in [0, 0.1) is 6.92 Å². The van der Waals surface area contributed by atoms with Crippen molar-refractivity contribution >= 4 is 23.0 Å². The molecule has 1 aromatic carbocycles. The van der Waals surface area contributed by atoms with Crippen LogP contribution in [0.15, 0.2) is 23.6 Å². The summed E-state index contributed by atoms with van der Waals surface area (Å²) < 4.78 is 5.11. The van der Waals surface area contributed by atoms with Gasteiger partial charge in [-0.25, -0.2) is 9.78 Å². The summed E-state index contributed by atoms with van der Waals surface area (Å²) in [5.74, 6) is -0.332. The number of nitrogens with one attached hydrogen (secondary N) is 1. The molecule has 5 nitrogen and oxygen atoms in total. The fourth-order valence-electron chi connectivity index (χ4n) is 1.83. The number of carboxylic acid groups (broad SMARTS) is 1. The van der Waals surface area contributed by atoms with Gasteiger partial charge in [-0.05, 0) is 19.1 Å². The summed E-state index contributed by atoms with van der Waals surface area (Å²) in [6, 6.07) is 4.87. The predicted octanol–water partition coefficient (Wildman–Crippen LogP) is 2.81. The van der Waals surface area contributed by atoms with Gasteiger partial charge in [-0.1, -0.05) is 0 Å². The first-order chi connectivity index (χ1) is 9.60. The van der Waals surface area contributed by atoms with E-state index in [4.69, 9.17) is 9.84 Å². The second-order valence-corrected chi connectivity index (χ2v) is 5.31. The summed E-state index contributed by atoms with van der Waals surface area (Å²) >= 11 is 1.61. The largest absolute Gasteiger partial charge is 0.497 e. The Bertz CT molecular complexity index is 610. The van der Waals surface area contributed by atoms with E-state index < -0.39 is 5.97 Å². The quantitative estimate of drug-likeness (QED) is 0.856. The van der Waals surface area contributed by atoms with Crippen molar-refractivity contribution in [2.45, 2.75) is 13.3 Å². The van der Waals surface area contributed by atoms with Crippen LogP contribution in [-0.2, 0) is 6.42 Å². The number of thiazole rings is 1. The first-order valence-corrected chi connectivity index (χ1v) is 7.04.